The summed E-state index contributed by atoms with van der Waals surface area (Å²) in [5, 5.41) is 8.46. The molecular formula is C22H36O3. The van der Waals surface area contributed by atoms with E-state index in [1.807, 2.05) is 12.2 Å². The Balaban J connectivity index is 1.84. The van der Waals surface area contributed by atoms with Crippen molar-refractivity contribution in [1.82, 2.24) is 0 Å². The van der Waals surface area contributed by atoms with Gasteiger partial charge in [-0.05, 0) is 18.9 Å². The second kappa shape index (κ2) is 14.8. The van der Waals surface area contributed by atoms with Gasteiger partial charge in [0, 0.05) is 6.08 Å². The molecule has 0 amide bonds. The minimum absolute atomic E-state index is 0.302. The highest BCUT2D eigenvalue weighted by molar-refractivity contribution is 5.80. The van der Waals surface area contributed by atoms with Crippen LogP contribution in [-0.2, 0) is 9.53 Å². The molecule has 1 rings (SSSR count). The van der Waals surface area contributed by atoms with Crippen LogP contribution >= 0.6 is 0 Å². The first-order valence-electron chi connectivity index (χ1n) is 10.2. The van der Waals surface area contributed by atoms with Gasteiger partial charge in [0.1, 0.15) is 5.76 Å². The summed E-state index contributed by atoms with van der Waals surface area (Å²) >= 11 is 0. The second-order valence-corrected chi connectivity index (χ2v) is 6.94. The fourth-order valence-corrected chi connectivity index (χ4v) is 3.00. The molecule has 0 aromatic heterocycles. The number of ether oxygens (including phenoxy) is 1. The molecule has 1 aliphatic heterocycles. The molecule has 1 fully saturated rings. The maximum Gasteiger partial charge on any atom is 0.328 e. The Hall–Kier alpha value is -1.51. The SMILES string of the molecule is CCCCCCCCCCCCCCC1OC1=CC=CC=CC(=O)O. The molecule has 0 saturated carbocycles. The van der Waals surface area contributed by atoms with E-state index in [2.05, 4.69) is 6.92 Å². The van der Waals surface area contributed by atoms with Gasteiger partial charge in [-0.1, -0.05) is 95.8 Å². The minimum Gasteiger partial charge on any atom is -0.483 e. The van der Waals surface area contributed by atoms with Gasteiger partial charge >= 0.3 is 5.97 Å². The molecule has 0 spiro atoms. The van der Waals surface area contributed by atoms with Crippen molar-refractivity contribution in [1.29, 1.82) is 0 Å². The molecule has 142 valence electrons. The van der Waals surface area contributed by atoms with Gasteiger partial charge in [-0.15, -0.1) is 0 Å². The van der Waals surface area contributed by atoms with Gasteiger partial charge in [0.25, 0.3) is 0 Å². The summed E-state index contributed by atoms with van der Waals surface area (Å²) in [4.78, 5) is 10.3. The quantitative estimate of drug-likeness (QED) is 0.149. The molecular weight excluding hydrogens is 312 g/mol. The van der Waals surface area contributed by atoms with Crippen LogP contribution in [0.2, 0.25) is 0 Å². The summed E-state index contributed by atoms with van der Waals surface area (Å²) in [5.41, 5.74) is 0. The van der Waals surface area contributed by atoms with E-state index in [4.69, 9.17) is 9.84 Å². The summed E-state index contributed by atoms with van der Waals surface area (Å²) in [6.45, 7) is 2.27. The van der Waals surface area contributed by atoms with Crippen LogP contribution in [0.4, 0.5) is 0 Å². The van der Waals surface area contributed by atoms with E-state index in [1.165, 1.54) is 83.1 Å². The van der Waals surface area contributed by atoms with E-state index in [1.54, 1.807) is 6.08 Å². The lowest BCUT2D eigenvalue weighted by molar-refractivity contribution is -0.131. The number of hydrogen-bond donors (Lipinski definition) is 1. The third kappa shape index (κ3) is 13.5. The van der Waals surface area contributed by atoms with Crippen molar-refractivity contribution >= 4 is 5.97 Å². The van der Waals surface area contributed by atoms with Crippen molar-refractivity contribution in [3.63, 3.8) is 0 Å². The molecule has 1 saturated heterocycles. The van der Waals surface area contributed by atoms with Crippen molar-refractivity contribution in [3.8, 4) is 0 Å². The molecule has 1 aliphatic rings. The van der Waals surface area contributed by atoms with Crippen LogP contribution in [0.1, 0.15) is 90.4 Å². The Kier molecular flexibility index (Phi) is 12.7. The first-order chi connectivity index (χ1) is 12.2. The highest BCUT2D eigenvalue weighted by atomic mass is 16.6. The second-order valence-electron chi connectivity index (χ2n) is 6.94. The van der Waals surface area contributed by atoms with Crippen molar-refractivity contribution in [2.45, 2.75) is 96.5 Å². The zero-order valence-electron chi connectivity index (χ0n) is 15.9. The average molecular weight is 349 g/mol. The highest BCUT2D eigenvalue weighted by Crippen LogP contribution is 2.31. The Morgan fingerprint density at radius 2 is 1.44 bits per heavy atom. The molecule has 0 bridgehead atoms. The lowest BCUT2D eigenvalue weighted by Crippen LogP contribution is -1.86. The minimum atomic E-state index is -0.926. The first kappa shape index (κ1) is 21.5. The number of epoxide rings is 1. The largest absolute Gasteiger partial charge is 0.483 e. The maximum absolute atomic E-state index is 10.3. The number of carbonyl (C=O) groups is 1. The van der Waals surface area contributed by atoms with Gasteiger partial charge in [0.05, 0.1) is 0 Å². The Morgan fingerprint density at radius 1 is 0.880 bits per heavy atom. The molecule has 0 aromatic carbocycles. The third-order valence-electron chi connectivity index (χ3n) is 4.58. The lowest BCUT2D eigenvalue weighted by Gasteiger charge is -2.02. The van der Waals surface area contributed by atoms with Crippen molar-refractivity contribution in [3.05, 3.63) is 36.1 Å². The maximum atomic E-state index is 10.3. The summed E-state index contributed by atoms with van der Waals surface area (Å²) in [6, 6.07) is 0. The summed E-state index contributed by atoms with van der Waals surface area (Å²) in [7, 11) is 0. The van der Waals surface area contributed by atoms with Crippen LogP contribution < -0.4 is 0 Å². The van der Waals surface area contributed by atoms with E-state index < -0.39 is 5.97 Å². The van der Waals surface area contributed by atoms with Crippen LogP contribution in [0.5, 0.6) is 0 Å². The molecule has 1 atom stereocenters. The van der Waals surface area contributed by atoms with Gasteiger partial charge in [-0.3, -0.25) is 0 Å². The Morgan fingerprint density at radius 3 is 2.00 bits per heavy atom. The molecule has 1 N–H and O–H groups in total. The predicted molar refractivity (Wildman–Crippen MR) is 105 cm³/mol. The van der Waals surface area contributed by atoms with Crippen molar-refractivity contribution in [2.75, 3.05) is 0 Å². The van der Waals surface area contributed by atoms with Crippen LogP contribution in [-0.4, -0.2) is 17.2 Å². The summed E-state index contributed by atoms with van der Waals surface area (Å²) in [6.07, 6.45) is 26.0. The zero-order chi connectivity index (χ0) is 18.2. The van der Waals surface area contributed by atoms with Gasteiger partial charge < -0.3 is 9.84 Å². The van der Waals surface area contributed by atoms with E-state index in [0.29, 0.717) is 6.10 Å². The fourth-order valence-electron chi connectivity index (χ4n) is 3.00. The number of rotatable bonds is 16. The van der Waals surface area contributed by atoms with Crippen LogP contribution in [0.3, 0.4) is 0 Å². The number of hydrogen-bond acceptors (Lipinski definition) is 2. The predicted octanol–water partition coefficient (Wildman–Crippen LogP) is 6.56. The van der Waals surface area contributed by atoms with Crippen LogP contribution in [0, 0.1) is 0 Å². The van der Waals surface area contributed by atoms with Gasteiger partial charge in [0.2, 0.25) is 0 Å². The monoisotopic (exact) mass is 348 g/mol. The number of unbranched alkanes of at least 4 members (excludes halogenated alkanes) is 11. The highest BCUT2D eigenvalue weighted by Gasteiger charge is 2.30. The topological polar surface area (TPSA) is 49.8 Å². The summed E-state index contributed by atoms with van der Waals surface area (Å²) in [5.74, 6) is 0.105. The number of allylic oxidation sites excluding steroid dienone is 4. The summed E-state index contributed by atoms with van der Waals surface area (Å²) < 4.78 is 5.51. The van der Waals surface area contributed by atoms with E-state index in [0.717, 1.165) is 18.3 Å². The van der Waals surface area contributed by atoms with Crippen molar-refractivity contribution < 1.29 is 14.6 Å². The first-order valence-corrected chi connectivity index (χ1v) is 10.2. The molecule has 3 nitrogen and oxygen atoms in total. The van der Waals surface area contributed by atoms with Crippen LogP contribution in [0.15, 0.2) is 36.1 Å². The Labute approximate surface area is 153 Å². The fraction of sp³-hybridized carbons (Fsp3) is 0.682. The van der Waals surface area contributed by atoms with Crippen molar-refractivity contribution in [2.24, 2.45) is 0 Å². The normalized spacial score (nSPS) is 18.3. The number of carboxylic acids is 1. The van der Waals surface area contributed by atoms with E-state index >= 15 is 0 Å². The molecule has 3 heteroatoms. The van der Waals surface area contributed by atoms with Gasteiger partial charge in [-0.25, -0.2) is 4.79 Å². The number of aliphatic carboxylic acids is 1. The third-order valence-corrected chi connectivity index (χ3v) is 4.58. The molecule has 25 heavy (non-hydrogen) atoms. The van der Waals surface area contributed by atoms with Crippen LogP contribution in [0.25, 0.3) is 0 Å². The molecule has 0 aromatic rings. The lowest BCUT2D eigenvalue weighted by atomic mass is 10.0. The molecule has 1 unspecified atom stereocenters. The van der Waals surface area contributed by atoms with E-state index in [-0.39, 0.29) is 0 Å². The van der Waals surface area contributed by atoms with Gasteiger partial charge in [-0.2, -0.15) is 0 Å². The smallest absolute Gasteiger partial charge is 0.328 e. The molecule has 1 heterocycles. The Bertz CT molecular complexity index is 435. The van der Waals surface area contributed by atoms with Gasteiger partial charge in [0.15, 0.2) is 6.10 Å². The molecule has 0 radical (unpaired) electrons. The average Bonchev–Trinajstić information content (AvgIpc) is 3.33. The van der Waals surface area contributed by atoms with E-state index in [9.17, 15) is 4.79 Å². The standard InChI is InChI=1S/C22H36O3/c1-2-3-4-5-6-7-8-9-10-11-12-14-17-20-21(25-20)18-15-13-16-19-22(23)24/h13,15-16,18-20H,2-12,14,17H2,1H3,(H,23,24). The number of carboxylic acid groups (broad SMARTS) is 1. The zero-order valence-corrected chi connectivity index (χ0v) is 15.9. The molecule has 0 aliphatic carbocycles.